The lowest BCUT2D eigenvalue weighted by atomic mass is 10.0. The number of hydrogen-bond acceptors (Lipinski definition) is 4. The third-order valence-corrected chi connectivity index (χ3v) is 5.21. The van der Waals surface area contributed by atoms with E-state index in [4.69, 9.17) is 0 Å². The van der Waals surface area contributed by atoms with Crippen LogP contribution in [0.5, 0.6) is 0 Å². The summed E-state index contributed by atoms with van der Waals surface area (Å²) >= 11 is 1.14. The Morgan fingerprint density at radius 1 is 0.846 bits per heavy atom. The van der Waals surface area contributed by atoms with Gasteiger partial charge in [-0.1, -0.05) is 48.5 Å². The second-order valence-corrected chi connectivity index (χ2v) is 6.85. The standard InChI is InChI=1S/C21H17NO3S/c1-13-17(14(2)23)21(22-20(25)16-11-7-4-8-12-16)26-19(13)18(24)15-9-5-3-6-10-15/h3-12H,1-2H3,(H,22,25). The molecule has 0 bridgehead atoms. The zero-order valence-corrected chi connectivity index (χ0v) is 15.2. The SMILES string of the molecule is CC(=O)c1c(NC(=O)c2ccccc2)sc(C(=O)c2ccccc2)c1C. The molecule has 26 heavy (non-hydrogen) atoms. The number of carbonyl (C=O) groups is 3. The number of hydrogen-bond donors (Lipinski definition) is 1. The molecule has 0 saturated carbocycles. The zero-order chi connectivity index (χ0) is 18.7. The first-order chi connectivity index (χ1) is 12.5. The van der Waals surface area contributed by atoms with Crippen LogP contribution in [-0.4, -0.2) is 17.5 Å². The summed E-state index contributed by atoms with van der Waals surface area (Å²) in [5.41, 5.74) is 2.02. The molecule has 0 radical (unpaired) electrons. The van der Waals surface area contributed by atoms with Crippen LogP contribution in [0.3, 0.4) is 0 Å². The Bertz CT molecular complexity index is 975. The maximum absolute atomic E-state index is 12.8. The van der Waals surface area contributed by atoms with E-state index in [0.717, 1.165) is 11.3 Å². The first-order valence-electron chi connectivity index (χ1n) is 8.09. The highest BCUT2D eigenvalue weighted by Crippen LogP contribution is 2.35. The van der Waals surface area contributed by atoms with Gasteiger partial charge in [-0.2, -0.15) is 0 Å². The van der Waals surface area contributed by atoms with Gasteiger partial charge in [0.1, 0.15) is 5.00 Å². The molecule has 0 aliphatic heterocycles. The molecule has 0 saturated heterocycles. The molecule has 1 aromatic heterocycles. The fourth-order valence-corrected chi connectivity index (χ4v) is 3.94. The topological polar surface area (TPSA) is 63.2 Å². The fraction of sp³-hybridized carbons (Fsp3) is 0.0952. The Kier molecular flexibility index (Phi) is 5.09. The van der Waals surface area contributed by atoms with E-state index in [1.807, 2.05) is 12.1 Å². The molecule has 0 aliphatic carbocycles. The molecule has 2 aromatic carbocycles. The van der Waals surface area contributed by atoms with Crippen molar-refractivity contribution in [3.8, 4) is 0 Å². The van der Waals surface area contributed by atoms with Crippen molar-refractivity contribution in [3.63, 3.8) is 0 Å². The monoisotopic (exact) mass is 363 g/mol. The third kappa shape index (κ3) is 3.48. The minimum atomic E-state index is -0.312. The number of anilines is 1. The van der Waals surface area contributed by atoms with Crippen molar-refractivity contribution >= 4 is 33.8 Å². The van der Waals surface area contributed by atoms with Gasteiger partial charge in [-0.05, 0) is 31.5 Å². The Hall–Kier alpha value is -3.05. The lowest BCUT2D eigenvalue weighted by molar-refractivity contribution is 0.101. The van der Waals surface area contributed by atoms with Gasteiger partial charge in [0.25, 0.3) is 5.91 Å². The fourth-order valence-electron chi connectivity index (χ4n) is 2.73. The molecular weight excluding hydrogens is 346 g/mol. The summed E-state index contributed by atoms with van der Waals surface area (Å²) in [6.45, 7) is 3.17. The van der Waals surface area contributed by atoms with Crippen LogP contribution < -0.4 is 5.32 Å². The van der Waals surface area contributed by atoms with Gasteiger partial charge < -0.3 is 5.32 Å². The second kappa shape index (κ2) is 7.45. The van der Waals surface area contributed by atoms with Gasteiger partial charge in [0.2, 0.25) is 5.78 Å². The first kappa shape index (κ1) is 17.8. The summed E-state index contributed by atoms with van der Waals surface area (Å²) in [6, 6.07) is 17.6. The maximum Gasteiger partial charge on any atom is 0.256 e. The van der Waals surface area contributed by atoms with Crippen molar-refractivity contribution in [3.05, 3.63) is 87.8 Å². The quantitative estimate of drug-likeness (QED) is 0.666. The Labute approximate surface area is 155 Å². The normalized spacial score (nSPS) is 10.4. The molecule has 0 fully saturated rings. The summed E-state index contributed by atoms with van der Waals surface area (Å²) in [6.07, 6.45) is 0. The van der Waals surface area contributed by atoms with Crippen molar-refractivity contribution in [1.29, 1.82) is 0 Å². The van der Waals surface area contributed by atoms with Crippen molar-refractivity contribution < 1.29 is 14.4 Å². The van der Waals surface area contributed by atoms with E-state index in [-0.39, 0.29) is 17.5 Å². The summed E-state index contributed by atoms with van der Waals surface area (Å²) in [4.78, 5) is 37.8. The molecular formula is C21H17NO3S. The Morgan fingerprint density at radius 2 is 1.38 bits per heavy atom. The first-order valence-corrected chi connectivity index (χ1v) is 8.91. The number of Topliss-reactive ketones (excluding diaryl/α,β-unsaturated/α-hetero) is 1. The zero-order valence-electron chi connectivity index (χ0n) is 14.4. The molecule has 0 atom stereocenters. The van der Waals surface area contributed by atoms with E-state index in [9.17, 15) is 14.4 Å². The highest BCUT2D eigenvalue weighted by atomic mass is 32.1. The van der Waals surface area contributed by atoms with Crippen molar-refractivity contribution in [2.75, 3.05) is 5.32 Å². The number of carbonyl (C=O) groups excluding carboxylic acids is 3. The highest BCUT2D eigenvalue weighted by molar-refractivity contribution is 7.19. The van der Waals surface area contributed by atoms with Crippen LogP contribution in [0.15, 0.2) is 60.7 Å². The van der Waals surface area contributed by atoms with Gasteiger partial charge in [0, 0.05) is 11.1 Å². The highest BCUT2D eigenvalue weighted by Gasteiger charge is 2.24. The summed E-state index contributed by atoms with van der Waals surface area (Å²) in [5.74, 6) is -0.655. The average Bonchev–Trinajstić information content (AvgIpc) is 2.98. The molecule has 1 N–H and O–H groups in total. The summed E-state index contributed by atoms with van der Waals surface area (Å²) in [7, 11) is 0. The van der Waals surface area contributed by atoms with E-state index in [1.165, 1.54) is 6.92 Å². The number of ketones is 2. The number of benzene rings is 2. The molecule has 130 valence electrons. The lowest BCUT2D eigenvalue weighted by Crippen LogP contribution is -2.12. The van der Waals surface area contributed by atoms with Crippen molar-refractivity contribution in [2.45, 2.75) is 13.8 Å². The minimum absolute atomic E-state index is 0.157. The van der Waals surface area contributed by atoms with Crippen LogP contribution in [0.25, 0.3) is 0 Å². The second-order valence-electron chi connectivity index (χ2n) is 5.83. The predicted molar refractivity (Wildman–Crippen MR) is 103 cm³/mol. The molecule has 0 aliphatic rings. The predicted octanol–water partition coefficient (Wildman–Crippen LogP) is 4.74. The third-order valence-electron chi connectivity index (χ3n) is 4.00. The van der Waals surface area contributed by atoms with E-state index < -0.39 is 0 Å². The molecule has 5 heteroatoms. The van der Waals surface area contributed by atoms with Gasteiger partial charge in [0.15, 0.2) is 5.78 Å². The number of rotatable bonds is 5. The number of amides is 1. The van der Waals surface area contributed by atoms with Crippen LogP contribution in [0, 0.1) is 6.92 Å². The van der Waals surface area contributed by atoms with Crippen LogP contribution in [0.1, 0.15) is 48.4 Å². The smallest absolute Gasteiger partial charge is 0.256 e. The van der Waals surface area contributed by atoms with E-state index in [0.29, 0.717) is 32.1 Å². The average molecular weight is 363 g/mol. The maximum atomic E-state index is 12.8. The summed E-state index contributed by atoms with van der Waals surface area (Å²) in [5, 5.41) is 3.19. The number of thiophene rings is 1. The van der Waals surface area contributed by atoms with Crippen molar-refractivity contribution in [2.24, 2.45) is 0 Å². The van der Waals surface area contributed by atoms with Gasteiger partial charge in [0.05, 0.1) is 10.4 Å². The van der Waals surface area contributed by atoms with Crippen LogP contribution in [0.4, 0.5) is 5.00 Å². The summed E-state index contributed by atoms with van der Waals surface area (Å²) < 4.78 is 0. The van der Waals surface area contributed by atoms with Gasteiger partial charge in [-0.15, -0.1) is 11.3 Å². The minimum Gasteiger partial charge on any atom is -0.313 e. The largest absolute Gasteiger partial charge is 0.313 e. The van der Waals surface area contributed by atoms with Crippen molar-refractivity contribution in [1.82, 2.24) is 0 Å². The molecule has 1 heterocycles. The number of nitrogens with one attached hydrogen (secondary N) is 1. The van der Waals surface area contributed by atoms with E-state index >= 15 is 0 Å². The van der Waals surface area contributed by atoms with Crippen LogP contribution >= 0.6 is 11.3 Å². The molecule has 0 unspecified atom stereocenters. The Morgan fingerprint density at radius 3 is 1.92 bits per heavy atom. The molecule has 0 spiro atoms. The Balaban J connectivity index is 1.99. The molecule has 4 nitrogen and oxygen atoms in total. The molecule has 3 rings (SSSR count). The van der Waals surface area contributed by atoms with Crippen LogP contribution in [0.2, 0.25) is 0 Å². The van der Waals surface area contributed by atoms with Crippen LogP contribution in [-0.2, 0) is 0 Å². The van der Waals surface area contributed by atoms with Gasteiger partial charge in [-0.25, -0.2) is 0 Å². The molecule has 3 aromatic rings. The lowest BCUT2D eigenvalue weighted by Gasteiger charge is -2.05. The van der Waals surface area contributed by atoms with Gasteiger partial charge >= 0.3 is 0 Å². The van der Waals surface area contributed by atoms with E-state index in [2.05, 4.69) is 5.32 Å². The van der Waals surface area contributed by atoms with Gasteiger partial charge in [-0.3, -0.25) is 14.4 Å². The van der Waals surface area contributed by atoms with E-state index in [1.54, 1.807) is 55.5 Å². The molecule has 1 amide bonds.